The summed E-state index contributed by atoms with van der Waals surface area (Å²) < 4.78 is 10.6. The molecule has 0 fully saturated rings. The van der Waals surface area contributed by atoms with Gasteiger partial charge in [-0.25, -0.2) is 4.98 Å². The maximum atomic E-state index is 11.8. The van der Waals surface area contributed by atoms with E-state index in [2.05, 4.69) is 22.1 Å². The molecule has 118 valence electrons. The Kier molecular flexibility index (Phi) is 4.12. The number of nitrogens with zero attached hydrogens (tertiary/aromatic N) is 1. The van der Waals surface area contributed by atoms with Crippen LogP contribution in [0.25, 0.3) is 22.0 Å². The van der Waals surface area contributed by atoms with Crippen molar-refractivity contribution in [3.63, 3.8) is 0 Å². The molecule has 1 heterocycles. The minimum atomic E-state index is -0.128. The highest BCUT2D eigenvalue weighted by Crippen LogP contribution is 2.31. The maximum Gasteiger partial charge on any atom is 0.258 e. The molecule has 5 heteroatoms. The Hall–Kier alpha value is -2.66. The number of methoxy groups -OCH3 is 1. The summed E-state index contributed by atoms with van der Waals surface area (Å²) in [6, 6.07) is 9.78. The highest BCUT2D eigenvalue weighted by atomic mass is 16.7. The van der Waals surface area contributed by atoms with E-state index in [1.165, 1.54) is 6.33 Å². The summed E-state index contributed by atoms with van der Waals surface area (Å²) in [5.74, 6) is 0.839. The van der Waals surface area contributed by atoms with Gasteiger partial charge in [-0.05, 0) is 60.4 Å². The first-order valence-corrected chi connectivity index (χ1v) is 7.31. The molecule has 3 aromatic rings. The second-order valence-electron chi connectivity index (χ2n) is 5.45. The minimum absolute atomic E-state index is 0.128. The van der Waals surface area contributed by atoms with Crippen LogP contribution >= 0.6 is 0 Å². The zero-order valence-electron chi connectivity index (χ0n) is 13.3. The van der Waals surface area contributed by atoms with Gasteiger partial charge in [-0.1, -0.05) is 6.07 Å². The lowest BCUT2D eigenvalue weighted by atomic mass is 9.99. The molecule has 5 nitrogen and oxygen atoms in total. The molecule has 0 atom stereocenters. The van der Waals surface area contributed by atoms with Crippen molar-refractivity contribution in [1.82, 2.24) is 9.97 Å². The summed E-state index contributed by atoms with van der Waals surface area (Å²) in [6.45, 7) is 4.24. The molecule has 0 aliphatic carbocycles. The standard InChI is InChI=1S/C18H18N2O3/c1-11-6-14(7-12(2)17(11)23-10-22-3)13-4-5-15-16(8-13)19-9-20-18(15)21/h4-9H,10H2,1-3H3,(H,19,20,21). The number of ether oxygens (including phenoxy) is 2. The fourth-order valence-electron chi connectivity index (χ4n) is 2.71. The van der Waals surface area contributed by atoms with Gasteiger partial charge in [-0.15, -0.1) is 0 Å². The molecule has 1 aromatic heterocycles. The van der Waals surface area contributed by atoms with Crippen LogP contribution in [0.15, 0.2) is 41.5 Å². The number of aromatic nitrogens is 2. The number of fused-ring (bicyclic) bond motifs is 1. The summed E-state index contributed by atoms with van der Waals surface area (Å²) in [7, 11) is 1.60. The molecule has 0 unspecified atom stereocenters. The van der Waals surface area contributed by atoms with Crippen molar-refractivity contribution in [3.8, 4) is 16.9 Å². The van der Waals surface area contributed by atoms with Crippen LogP contribution in [-0.4, -0.2) is 23.9 Å². The number of aryl methyl sites for hydroxylation is 2. The summed E-state index contributed by atoms with van der Waals surface area (Å²) >= 11 is 0. The Morgan fingerprint density at radius 1 is 1.09 bits per heavy atom. The molecule has 0 aliphatic rings. The van der Waals surface area contributed by atoms with Crippen LogP contribution in [0.3, 0.4) is 0 Å². The van der Waals surface area contributed by atoms with E-state index in [1.54, 1.807) is 13.2 Å². The van der Waals surface area contributed by atoms with Crippen LogP contribution in [0, 0.1) is 13.8 Å². The number of nitrogens with one attached hydrogen (secondary N) is 1. The van der Waals surface area contributed by atoms with E-state index in [-0.39, 0.29) is 12.4 Å². The van der Waals surface area contributed by atoms with Crippen molar-refractivity contribution >= 4 is 10.9 Å². The van der Waals surface area contributed by atoms with E-state index in [4.69, 9.17) is 9.47 Å². The number of aromatic amines is 1. The van der Waals surface area contributed by atoms with Crippen LogP contribution in [0.2, 0.25) is 0 Å². The summed E-state index contributed by atoms with van der Waals surface area (Å²) in [4.78, 5) is 18.6. The van der Waals surface area contributed by atoms with Crippen molar-refractivity contribution in [1.29, 1.82) is 0 Å². The Balaban J connectivity index is 2.06. The molecule has 1 N–H and O–H groups in total. The fraction of sp³-hybridized carbons (Fsp3) is 0.222. The Labute approximate surface area is 133 Å². The lowest BCUT2D eigenvalue weighted by Crippen LogP contribution is -2.06. The quantitative estimate of drug-likeness (QED) is 0.752. The molecule has 0 saturated carbocycles. The number of hydrogen-bond acceptors (Lipinski definition) is 4. The topological polar surface area (TPSA) is 64.2 Å². The molecule has 23 heavy (non-hydrogen) atoms. The predicted molar refractivity (Wildman–Crippen MR) is 89.8 cm³/mol. The van der Waals surface area contributed by atoms with E-state index >= 15 is 0 Å². The van der Waals surface area contributed by atoms with Gasteiger partial charge >= 0.3 is 0 Å². The van der Waals surface area contributed by atoms with Gasteiger partial charge in [0, 0.05) is 7.11 Å². The van der Waals surface area contributed by atoms with Crippen LogP contribution in [0.4, 0.5) is 0 Å². The van der Waals surface area contributed by atoms with Crippen molar-refractivity contribution in [3.05, 3.63) is 58.1 Å². The van der Waals surface area contributed by atoms with Crippen LogP contribution in [0.5, 0.6) is 5.75 Å². The number of hydrogen-bond donors (Lipinski definition) is 1. The first-order valence-electron chi connectivity index (χ1n) is 7.31. The monoisotopic (exact) mass is 310 g/mol. The summed E-state index contributed by atoms with van der Waals surface area (Å²) in [5.41, 5.74) is 4.71. The normalized spacial score (nSPS) is 10.9. The molecule has 0 saturated heterocycles. The molecule has 3 rings (SSSR count). The van der Waals surface area contributed by atoms with Gasteiger partial charge in [-0.3, -0.25) is 4.79 Å². The second kappa shape index (κ2) is 6.22. The Morgan fingerprint density at radius 3 is 2.52 bits per heavy atom. The molecular weight excluding hydrogens is 292 g/mol. The van der Waals surface area contributed by atoms with Crippen LogP contribution < -0.4 is 10.3 Å². The Bertz CT molecular complexity index is 893. The molecule has 0 radical (unpaired) electrons. The highest BCUT2D eigenvalue weighted by Gasteiger charge is 2.09. The second-order valence-corrected chi connectivity index (χ2v) is 5.45. The van der Waals surface area contributed by atoms with E-state index in [1.807, 2.05) is 26.0 Å². The number of benzene rings is 2. The van der Waals surface area contributed by atoms with Gasteiger partial charge in [0.05, 0.1) is 17.2 Å². The highest BCUT2D eigenvalue weighted by molar-refractivity contribution is 5.83. The number of H-pyrrole nitrogens is 1. The van der Waals surface area contributed by atoms with Gasteiger partial charge in [0.1, 0.15) is 5.75 Å². The average molecular weight is 310 g/mol. The molecule has 0 spiro atoms. The van der Waals surface area contributed by atoms with Crippen molar-refractivity contribution < 1.29 is 9.47 Å². The van der Waals surface area contributed by atoms with Gasteiger partial charge in [0.2, 0.25) is 0 Å². The first kappa shape index (κ1) is 15.2. The smallest absolute Gasteiger partial charge is 0.258 e. The van der Waals surface area contributed by atoms with Gasteiger partial charge in [-0.2, -0.15) is 0 Å². The molecule has 0 aliphatic heterocycles. The van der Waals surface area contributed by atoms with Crippen molar-refractivity contribution in [2.75, 3.05) is 13.9 Å². The third kappa shape index (κ3) is 2.96. The van der Waals surface area contributed by atoms with E-state index in [9.17, 15) is 4.79 Å². The minimum Gasteiger partial charge on any atom is -0.467 e. The van der Waals surface area contributed by atoms with Gasteiger partial charge < -0.3 is 14.5 Å². The lowest BCUT2D eigenvalue weighted by molar-refractivity contribution is 0.0501. The fourth-order valence-corrected chi connectivity index (χ4v) is 2.71. The van der Waals surface area contributed by atoms with Crippen LogP contribution in [-0.2, 0) is 4.74 Å². The largest absolute Gasteiger partial charge is 0.467 e. The van der Waals surface area contributed by atoms with Gasteiger partial charge in [0.15, 0.2) is 6.79 Å². The average Bonchev–Trinajstić information content (AvgIpc) is 2.54. The van der Waals surface area contributed by atoms with E-state index < -0.39 is 0 Å². The zero-order chi connectivity index (χ0) is 16.4. The molecular formula is C18H18N2O3. The summed E-state index contributed by atoms with van der Waals surface area (Å²) in [5, 5.41) is 0.588. The molecule has 0 amide bonds. The first-order chi connectivity index (χ1) is 11.1. The maximum absolute atomic E-state index is 11.8. The SMILES string of the molecule is COCOc1c(C)cc(-c2ccc3c(=O)[nH]cnc3c2)cc1C. The predicted octanol–water partition coefficient (Wildman–Crippen LogP) is 3.19. The van der Waals surface area contributed by atoms with Crippen molar-refractivity contribution in [2.24, 2.45) is 0 Å². The Morgan fingerprint density at radius 2 is 1.83 bits per heavy atom. The summed E-state index contributed by atoms with van der Waals surface area (Å²) in [6.07, 6.45) is 1.42. The van der Waals surface area contributed by atoms with Gasteiger partial charge in [0.25, 0.3) is 5.56 Å². The molecule has 2 aromatic carbocycles. The lowest BCUT2D eigenvalue weighted by Gasteiger charge is -2.13. The zero-order valence-corrected chi connectivity index (χ0v) is 13.3. The van der Waals surface area contributed by atoms with Crippen LogP contribution in [0.1, 0.15) is 11.1 Å². The molecule has 0 bridgehead atoms. The van der Waals surface area contributed by atoms with E-state index in [0.29, 0.717) is 10.9 Å². The third-order valence-corrected chi connectivity index (χ3v) is 3.76. The number of rotatable bonds is 4. The van der Waals surface area contributed by atoms with E-state index in [0.717, 1.165) is 28.0 Å². The van der Waals surface area contributed by atoms with Crippen molar-refractivity contribution in [2.45, 2.75) is 13.8 Å². The third-order valence-electron chi connectivity index (χ3n) is 3.76.